The van der Waals surface area contributed by atoms with Crippen LogP contribution < -0.4 is 4.74 Å². The van der Waals surface area contributed by atoms with E-state index in [2.05, 4.69) is 0 Å². The molecule has 0 saturated heterocycles. The maximum Gasteiger partial charge on any atom is 0.356 e. The number of aromatic nitrogens is 1. The van der Waals surface area contributed by atoms with Crippen molar-refractivity contribution in [3.8, 4) is 5.75 Å². The third-order valence-corrected chi connectivity index (χ3v) is 6.43. The number of hydrogen-bond donors (Lipinski definition) is 0. The minimum atomic E-state index is -4.08. The van der Waals surface area contributed by atoms with E-state index in [0.717, 1.165) is 9.54 Å². The van der Waals surface area contributed by atoms with Crippen LogP contribution in [0.15, 0.2) is 35.2 Å². The minimum Gasteiger partial charge on any atom is -0.497 e. The van der Waals surface area contributed by atoms with Gasteiger partial charge >= 0.3 is 5.97 Å². The molecule has 0 bridgehead atoms. The summed E-state index contributed by atoms with van der Waals surface area (Å²) in [5, 5.41) is 0. The summed E-state index contributed by atoms with van der Waals surface area (Å²) in [6, 6.07) is 7.46. The fourth-order valence-corrected chi connectivity index (χ4v) is 4.77. The highest BCUT2D eigenvalue weighted by atomic mass is 32.2. The predicted molar refractivity (Wildman–Crippen MR) is 101 cm³/mol. The van der Waals surface area contributed by atoms with Crippen LogP contribution in [-0.4, -0.2) is 49.4 Å². The summed E-state index contributed by atoms with van der Waals surface area (Å²) >= 11 is 0. The number of esters is 1. The lowest BCUT2D eigenvalue weighted by Crippen LogP contribution is -2.36. The normalized spacial score (nSPS) is 13.8. The van der Waals surface area contributed by atoms with Crippen molar-refractivity contribution in [1.29, 1.82) is 0 Å². The van der Waals surface area contributed by atoms with Gasteiger partial charge in [-0.3, -0.25) is 4.79 Å². The molecule has 9 heteroatoms. The van der Waals surface area contributed by atoms with Crippen LogP contribution in [0.25, 0.3) is 0 Å². The van der Waals surface area contributed by atoms with Crippen LogP contribution in [0.2, 0.25) is 0 Å². The lowest BCUT2D eigenvalue weighted by molar-refractivity contribution is -0.129. The monoisotopic (exact) mass is 406 g/mol. The smallest absolute Gasteiger partial charge is 0.356 e. The third kappa shape index (κ3) is 3.49. The third-order valence-electron chi connectivity index (χ3n) is 4.66. The molecule has 0 unspecified atom stereocenters. The Bertz CT molecular complexity index is 1010. The van der Waals surface area contributed by atoms with Gasteiger partial charge in [0.05, 0.1) is 30.9 Å². The number of methoxy groups -OCH3 is 1. The molecule has 1 aromatic carbocycles. The first-order valence-corrected chi connectivity index (χ1v) is 10.3. The summed E-state index contributed by atoms with van der Waals surface area (Å²) in [6.07, 6.45) is 0.465. The predicted octanol–water partition coefficient (Wildman–Crippen LogP) is 1.81. The van der Waals surface area contributed by atoms with Gasteiger partial charge in [0.25, 0.3) is 10.0 Å². The number of ether oxygens (including phenoxy) is 2. The fourth-order valence-electron chi connectivity index (χ4n) is 3.22. The fraction of sp³-hybridized carbons (Fsp3) is 0.368. The van der Waals surface area contributed by atoms with Gasteiger partial charge in [0.15, 0.2) is 0 Å². The lowest BCUT2D eigenvalue weighted by atomic mass is 10.1. The van der Waals surface area contributed by atoms with E-state index in [1.807, 2.05) is 0 Å². The molecule has 8 nitrogen and oxygen atoms in total. The van der Waals surface area contributed by atoms with E-state index in [-0.39, 0.29) is 29.6 Å². The second kappa shape index (κ2) is 7.67. The highest BCUT2D eigenvalue weighted by Gasteiger charge is 2.33. The maximum absolute atomic E-state index is 13.4. The second-order valence-electron chi connectivity index (χ2n) is 6.36. The lowest BCUT2D eigenvalue weighted by Gasteiger charge is -2.27. The Kier molecular flexibility index (Phi) is 5.46. The summed E-state index contributed by atoms with van der Waals surface area (Å²) in [5.74, 6) is -0.358. The Labute approximate surface area is 163 Å². The second-order valence-corrected chi connectivity index (χ2v) is 8.14. The van der Waals surface area contributed by atoms with Crippen molar-refractivity contribution < 1.29 is 27.5 Å². The minimum absolute atomic E-state index is 0.0113. The summed E-state index contributed by atoms with van der Waals surface area (Å²) in [6.45, 7) is 3.79. The Balaban J connectivity index is 2.17. The number of carbonyl (C=O) groups is 2. The first kappa shape index (κ1) is 19.9. The number of nitrogens with zero attached hydrogens (tertiary/aromatic N) is 2. The summed E-state index contributed by atoms with van der Waals surface area (Å²) < 4.78 is 37.9. The Morgan fingerprint density at radius 1 is 1.18 bits per heavy atom. The van der Waals surface area contributed by atoms with Gasteiger partial charge in [-0.1, -0.05) is 0 Å². The molecule has 1 aliphatic heterocycles. The van der Waals surface area contributed by atoms with Crippen LogP contribution >= 0.6 is 0 Å². The molecule has 0 atom stereocenters. The van der Waals surface area contributed by atoms with Gasteiger partial charge in [-0.15, -0.1) is 0 Å². The van der Waals surface area contributed by atoms with Crippen molar-refractivity contribution in [2.24, 2.45) is 0 Å². The van der Waals surface area contributed by atoms with E-state index in [0.29, 0.717) is 24.4 Å². The molecule has 150 valence electrons. The Hall–Kier alpha value is -2.81. The van der Waals surface area contributed by atoms with Gasteiger partial charge in [0.2, 0.25) is 5.91 Å². The molecule has 0 aliphatic carbocycles. The Morgan fingerprint density at radius 3 is 2.43 bits per heavy atom. The molecule has 1 aliphatic rings. The van der Waals surface area contributed by atoms with E-state index in [1.165, 1.54) is 38.3 Å². The zero-order chi connectivity index (χ0) is 20.5. The number of fused-ring (bicyclic) bond motifs is 1. The molecular weight excluding hydrogens is 384 g/mol. The van der Waals surface area contributed by atoms with Crippen LogP contribution in [0, 0.1) is 0 Å². The van der Waals surface area contributed by atoms with Gasteiger partial charge in [0.1, 0.15) is 11.4 Å². The SMILES string of the molecule is CCOC(=O)c1cc2c(n1S(=O)(=O)c1ccc(OC)cc1)CN(C(C)=O)CC2. The van der Waals surface area contributed by atoms with Crippen LogP contribution in [-0.2, 0) is 32.5 Å². The zero-order valence-electron chi connectivity index (χ0n) is 16.0. The molecule has 0 spiro atoms. The highest BCUT2D eigenvalue weighted by molar-refractivity contribution is 7.90. The van der Waals surface area contributed by atoms with Crippen LogP contribution in [0.3, 0.4) is 0 Å². The number of benzene rings is 1. The number of hydrogen-bond acceptors (Lipinski definition) is 6. The summed E-state index contributed by atoms with van der Waals surface area (Å²) in [7, 11) is -2.60. The molecule has 1 amide bonds. The topological polar surface area (TPSA) is 94.9 Å². The van der Waals surface area contributed by atoms with E-state index in [4.69, 9.17) is 9.47 Å². The summed E-state index contributed by atoms with van der Waals surface area (Å²) in [4.78, 5) is 25.8. The molecule has 3 rings (SSSR count). The molecule has 2 heterocycles. The largest absolute Gasteiger partial charge is 0.497 e. The van der Waals surface area contributed by atoms with Crippen LogP contribution in [0.4, 0.5) is 0 Å². The first-order chi connectivity index (χ1) is 13.3. The molecule has 28 heavy (non-hydrogen) atoms. The number of rotatable bonds is 5. The van der Waals surface area contributed by atoms with E-state index in [9.17, 15) is 18.0 Å². The van der Waals surface area contributed by atoms with Crippen molar-refractivity contribution in [3.63, 3.8) is 0 Å². The van der Waals surface area contributed by atoms with Crippen molar-refractivity contribution in [2.75, 3.05) is 20.3 Å². The van der Waals surface area contributed by atoms with E-state index >= 15 is 0 Å². The average molecular weight is 406 g/mol. The molecule has 1 aromatic heterocycles. The number of amides is 1. The number of carbonyl (C=O) groups excluding carboxylic acids is 2. The maximum atomic E-state index is 13.4. The molecular formula is C19H22N2O6S. The van der Waals surface area contributed by atoms with Gasteiger partial charge in [-0.05, 0) is 49.2 Å². The van der Waals surface area contributed by atoms with Crippen LogP contribution in [0.1, 0.15) is 35.6 Å². The first-order valence-electron chi connectivity index (χ1n) is 8.85. The quantitative estimate of drug-likeness (QED) is 0.703. The van der Waals surface area contributed by atoms with E-state index in [1.54, 1.807) is 17.9 Å². The van der Waals surface area contributed by atoms with Gasteiger partial charge < -0.3 is 14.4 Å². The van der Waals surface area contributed by atoms with Gasteiger partial charge in [0, 0.05) is 13.5 Å². The molecule has 2 aromatic rings. The zero-order valence-corrected chi connectivity index (χ0v) is 16.8. The van der Waals surface area contributed by atoms with Gasteiger partial charge in [-0.25, -0.2) is 17.2 Å². The van der Waals surface area contributed by atoms with Crippen molar-refractivity contribution in [1.82, 2.24) is 8.87 Å². The van der Waals surface area contributed by atoms with Crippen LogP contribution in [0.5, 0.6) is 5.75 Å². The molecule has 0 radical (unpaired) electrons. The molecule has 0 saturated carbocycles. The molecule has 0 N–H and O–H groups in total. The van der Waals surface area contributed by atoms with E-state index < -0.39 is 16.0 Å². The van der Waals surface area contributed by atoms with Gasteiger partial charge in [-0.2, -0.15) is 0 Å². The Morgan fingerprint density at radius 2 is 1.86 bits per heavy atom. The summed E-state index contributed by atoms with van der Waals surface area (Å²) in [5.41, 5.74) is 1.06. The van der Waals surface area contributed by atoms with Crippen molar-refractivity contribution in [3.05, 3.63) is 47.3 Å². The molecule has 0 fully saturated rings. The van der Waals surface area contributed by atoms with Crippen molar-refractivity contribution in [2.45, 2.75) is 31.7 Å². The average Bonchev–Trinajstić information content (AvgIpc) is 3.07. The highest BCUT2D eigenvalue weighted by Crippen LogP contribution is 2.29. The standard InChI is InChI=1S/C19H22N2O6S/c1-4-27-19(23)17-11-14-9-10-20(13(2)22)12-18(14)21(17)28(24,25)16-7-5-15(26-3)6-8-16/h5-8,11H,4,9-10,12H2,1-3H3. The van der Waals surface area contributed by atoms with Crippen molar-refractivity contribution >= 4 is 21.9 Å².